The van der Waals surface area contributed by atoms with E-state index in [-0.39, 0.29) is 42.2 Å². The van der Waals surface area contributed by atoms with E-state index in [2.05, 4.69) is 5.32 Å². The third-order valence-electron chi connectivity index (χ3n) is 4.82. The van der Waals surface area contributed by atoms with Crippen LogP contribution in [0.25, 0.3) is 0 Å². The van der Waals surface area contributed by atoms with E-state index in [1.807, 2.05) is 55.6 Å². The van der Waals surface area contributed by atoms with Gasteiger partial charge in [0.05, 0.1) is 12.0 Å². The van der Waals surface area contributed by atoms with Crippen molar-refractivity contribution in [3.05, 3.63) is 52.2 Å². The number of hydrogen-bond acceptors (Lipinski definition) is 4. The number of nitrogens with two attached hydrogens (primary N) is 1. The molecule has 0 radical (unpaired) electrons. The second-order valence-corrected chi connectivity index (χ2v) is 7.83. The molecule has 1 aromatic carbocycles. The molecule has 146 valence electrons. The molecular formula is C20H26ClN3O2S. The molecule has 1 saturated heterocycles. The van der Waals surface area contributed by atoms with E-state index < -0.39 is 0 Å². The first-order valence-corrected chi connectivity index (χ1v) is 9.81. The lowest BCUT2D eigenvalue weighted by molar-refractivity contribution is -0.129. The predicted molar refractivity (Wildman–Crippen MR) is 112 cm³/mol. The summed E-state index contributed by atoms with van der Waals surface area (Å²) in [6.45, 7) is 4.30. The Bertz CT molecular complexity index is 764. The van der Waals surface area contributed by atoms with Gasteiger partial charge < -0.3 is 16.0 Å². The average molecular weight is 408 g/mol. The van der Waals surface area contributed by atoms with Crippen LogP contribution in [0.2, 0.25) is 0 Å². The first kappa shape index (κ1) is 21.4. The molecule has 0 bridgehead atoms. The van der Waals surface area contributed by atoms with Crippen LogP contribution in [0.15, 0.2) is 41.8 Å². The third-order valence-corrected chi connectivity index (χ3v) is 5.77. The van der Waals surface area contributed by atoms with Gasteiger partial charge >= 0.3 is 0 Å². The molecule has 5 nitrogen and oxygen atoms in total. The van der Waals surface area contributed by atoms with E-state index in [0.29, 0.717) is 19.4 Å². The highest BCUT2D eigenvalue weighted by Gasteiger charge is 2.42. The first-order valence-electron chi connectivity index (χ1n) is 8.94. The van der Waals surface area contributed by atoms with Gasteiger partial charge in [-0.15, -0.1) is 23.7 Å². The number of carbonyl (C=O) groups excluding carboxylic acids is 2. The van der Waals surface area contributed by atoms with Crippen molar-refractivity contribution in [1.29, 1.82) is 0 Å². The fraction of sp³-hybridized carbons (Fsp3) is 0.400. The minimum atomic E-state index is -0.290. The summed E-state index contributed by atoms with van der Waals surface area (Å²) in [4.78, 5) is 28.5. The summed E-state index contributed by atoms with van der Waals surface area (Å²) < 4.78 is 0. The second kappa shape index (κ2) is 9.35. The van der Waals surface area contributed by atoms with Crippen molar-refractivity contribution in [2.24, 2.45) is 11.7 Å². The van der Waals surface area contributed by atoms with E-state index in [0.717, 1.165) is 16.1 Å². The molecule has 0 aliphatic carbocycles. The molecule has 2 unspecified atom stereocenters. The number of piperidine rings is 1. The fourth-order valence-corrected chi connectivity index (χ4v) is 4.25. The van der Waals surface area contributed by atoms with Gasteiger partial charge in [0.1, 0.15) is 0 Å². The summed E-state index contributed by atoms with van der Waals surface area (Å²) in [6.07, 6.45) is 0.914. The number of amides is 2. The summed E-state index contributed by atoms with van der Waals surface area (Å²) >= 11 is 1.58. The molecule has 2 heterocycles. The highest BCUT2D eigenvalue weighted by atomic mass is 35.5. The monoisotopic (exact) mass is 407 g/mol. The molecule has 7 heteroatoms. The molecule has 2 aromatic rings. The Labute approximate surface area is 170 Å². The van der Waals surface area contributed by atoms with Crippen molar-refractivity contribution < 1.29 is 9.59 Å². The lowest BCUT2D eigenvalue weighted by atomic mass is 9.86. The molecule has 0 spiro atoms. The Morgan fingerprint density at radius 2 is 2.04 bits per heavy atom. The number of anilines is 1. The molecule has 1 aliphatic heterocycles. The van der Waals surface area contributed by atoms with Crippen LogP contribution in [-0.4, -0.2) is 24.4 Å². The maximum atomic E-state index is 12.9. The summed E-state index contributed by atoms with van der Waals surface area (Å²) in [5.41, 5.74) is 7.63. The maximum Gasteiger partial charge on any atom is 0.227 e. The van der Waals surface area contributed by atoms with Crippen LogP contribution in [0.3, 0.4) is 0 Å². The first-order chi connectivity index (χ1) is 12.5. The van der Waals surface area contributed by atoms with Crippen molar-refractivity contribution in [3.8, 4) is 0 Å². The quantitative estimate of drug-likeness (QED) is 0.797. The van der Waals surface area contributed by atoms with Gasteiger partial charge in [0.15, 0.2) is 0 Å². The molecule has 27 heavy (non-hydrogen) atoms. The molecule has 0 saturated carbocycles. The number of nitrogens with zero attached hydrogens (tertiary/aromatic N) is 1. The molecule has 1 fully saturated rings. The van der Waals surface area contributed by atoms with Crippen molar-refractivity contribution >= 4 is 41.2 Å². The number of halogens is 1. The topological polar surface area (TPSA) is 75.4 Å². The number of rotatable bonds is 5. The van der Waals surface area contributed by atoms with Crippen LogP contribution in [0.4, 0.5) is 5.69 Å². The molecule has 1 aromatic heterocycles. The largest absolute Gasteiger partial charge is 0.352 e. The number of thiophene rings is 1. The Balaban J connectivity index is 0.00000261. The lowest BCUT2D eigenvalue weighted by Gasteiger charge is -2.40. The van der Waals surface area contributed by atoms with Crippen LogP contribution in [0, 0.1) is 12.8 Å². The number of hydrogen-bond donors (Lipinski definition) is 2. The van der Waals surface area contributed by atoms with E-state index in [4.69, 9.17) is 5.73 Å². The zero-order valence-electron chi connectivity index (χ0n) is 15.6. The molecule has 1 aliphatic rings. The highest BCUT2D eigenvalue weighted by molar-refractivity contribution is 7.10. The Kier molecular flexibility index (Phi) is 7.41. The molecule has 2 amide bonds. The SMILES string of the molecule is Cc1ccc(N2C(=O)CCC(C(=O)N[C@@H](C)CN)C2c2cccs2)cc1.Cl. The van der Waals surface area contributed by atoms with Gasteiger partial charge in [0, 0.05) is 29.6 Å². The van der Waals surface area contributed by atoms with Gasteiger partial charge in [0.25, 0.3) is 0 Å². The number of carbonyl (C=O) groups is 2. The van der Waals surface area contributed by atoms with Crippen molar-refractivity contribution in [2.45, 2.75) is 38.8 Å². The predicted octanol–water partition coefficient (Wildman–Crippen LogP) is 3.43. The van der Waals surface area contributed by atoms with Crippen LogP contribution >= 0.6 is 23.7 Å². The minimum absolute atomic E-state index is 0. The van der Waals surface area contributed by atoms with Gasteiger partial charge in [-0.05, 0) is 43.8 Å². The van der Waals surface area contributed by atoms with E-state index in [9.17, 15) is 9.59 Å². The van der Waals surface area contributed by atoms with E-state index in [1.54, 1.807) is 16.2 Å². The highest BCUT2D eigenvalue weighted by Crippen LogP contribution is 2.41. The van der Waals surface area contributed by atoms with Crippen LogP contribution < -0.4 is 16.0 Å². The van der Waals surface area contributed by atoms with Crippen molar-refractivity contribution in [2.75, 3.05) is 11.4 Å². The summed E-state index contributed by atoms with van der Waals surface area (Å²) in [6, 6.07) is 11.5. The van der Waals surface area contributed by atoms with Crippen LogP contribution in [0.1, 0.15) is 36.2 Å². The van der Waals surface area contributed by atoms with Gasteiger partial charge in [-0.2, -0.15) is 0 Å². The standard InChI is InChI=1S/C20H25N3O2S.ClH/c1-13-5-7-15(8-6-13)23-18(24)10-9-16(20(25)22-14(2)12-21)19(23)17-4-3-11-26-17;/h3-8,11,14,16,19H,9-10,12,21H2,1-2H3,(H,22,25);1H/t14-,16?,19?;/m0./s1. The van der Waals surface area contributed by atoms with Crippen molar-refractivity contribution in [1.82, 2.24) is 5.32 Å². The number of nitrogens with one attached hydrogen (secondary N) is 1. The van der Waals surface area contributed by atoms with Gasteiger partial charge in [-0.1, -0.05) is 23.8 Å². The van der Waals surface area contributed by atoms with E-state index >= 15 is 0 Å². The third kappa shape index (κ3) is 4.69. The number of benzene rings is 1. The van der Waals surface area contributed by atoms with Crippen LogP contribution in [0.5, 0.6) is 0 Å². The lowest BCUT2D eigenvalue weighted by Crippen LogP contribution is -2.50. The zero-order valence-corrected chi connectivity index (χ0v) is 17.2. The molecular weight excluding hydrogens is 382 g/mol. The number of aryl methyl sites for hydroxylation is 1. The smallest absolute Gasteiger partial charge is 0.227 e. The minimum Gasteiger partial charge on any atom is -0.352 e. The molecule has 3 N–H and O–H groups in total. The molecule has 3 rings (SSSR count). The van der Waals surface area contributed by atoms with Gasteiger partial charge in [-0.3, -0.25) is 9.59 Å². The zero-order chi connectivity index (χ0) is 18.7. The second-order valence-electron chi connectivity index (χ2n) is 6.85. The van der Waals surface area contributed by atoms with Crippen molar-refractivity contribution in [3.63, 3.8) is 0 Å². The average Bonchev–Trinajstić information content (AvgIpc) is 3.16. The normalized spacial score (nSPS) is 20.7. The fourth-order valence-electron chi connectivity index (χ4n) is 3.37. The van der Waals surface area contributed by atoms with E-state index in [1.165, 1.54) is 0 Å². The van der Waals surface area contributed by atoms with Crippen LogP contribution in [-0.2, 0) is 9.59 Å². The summed E-state index contributed by atoms with van der Waals surface area (Å²) in [7, 11) is 0. The maximum absolute atomic E-state index is 12.9. The Morgan fingerprint density at radius 3 is 2.63 bits per heavy atom. The van der Waals surface area contributed by atoms with Gasteiger partial charge in [-0.25, -0.2) is 0 Å². The molecule has 3 atom stereocenters. The summed E-state index contributed by atoms with van der Waals surface area (Å²) in [5.74, 6) is -0.268. The Morgan fingerprint density at radius 1 is 1.33 bits per heavy atom. The Hall–Kier alpha value is -1.89. The van der Waals surface area contributed by atoms with Gasteiger partial charge in [0.2, 0.25) is 11.8 Å². The summed E-state index contributed by atoms with van der Waals surface area (Å²) in [5, 5.41) is 4.98.